The number of aromatic hydroxyl groups is 1. The summed E-state index contributed by atoms with van der Waals surface area (Å²) in [6.45, 7) is 0. The van der Waals surface area contributed by atoms with Crippen molar-refractivity contribution in [2.45, 2.75) is 6.18 Å². The van der Waals surface area contributed by atoms with Crippen molar-refractivity contribution in [2.75, 3.05) is 12.5 Å². The number of alkyl halides is 3. The number of nitrogens with one attached hydrogen (secondary N) is 1. The number of hydrazone groups is 1. The van der Waals surface area contributed by atoms with E-state index in [1.54, 1.807) is 18.2 Å². The van der Waals surface area contributed by atoms with Gasteiger partial charge in [-0.25, -0.2) is 0 Å². The van der Waals surface area contributed by atoms with Gasteiger partial charge in [-0.05, 0) is 24.3 Å². The molecule has 7 heteroatoms. The van der Waals surface area contributed by atoms with E-state index < -0.39 is 11.7 Å². The minimum atomic E-state index is -4.47. The molecule has 0 aliphatic carbocycles. The molecule has 2 rings (SSSR count). The number of phenolic OH excluding ortho intramolecular Hbond substituents is 1. The van der Waals surface area contributed by atoms with Crippen LogP contribution in [0.25, 0.3) is 0 Å². The Morgan fingerprint density at radius 3 is 2.55 bits per heavy atom. The molecule has 2 aromatic rings. The molecule has 0 amide bonds. The monoisotopic (exact) mass is 310 g/mol. The maximum atomic E-state index is 12.8. The van der Waals surface area contributed by atoms with Crippen LogP contribution in [-0.4, -0.2) is 18.4 Å². The number of hydrogen-bond acceptors (Lipinski definition) is 4. The molecule has 0 fully saturated rings. The van der Waals surface area contributed by atoms with Crippen molar-refractivity contribution in [1.29, 1.82) is 0 Å². The van der Waals surface area contributed by atoms with Gasteiger partial charge in [-0.2, -0.15) is 18.3 Å². The van der Waals surface area contributed by atoms with Crippen LogP contribution in [0.1, 0.15) is 11.1 Å². The van der Waals surface area contributed by atoms with Gasteiger partial charge in [0.1, 0.15) is 0 Å². The Hall–Kier alpha value is -2.70. The molecule has 0 spiro atoms. The number of benzene rings is 2. The molecule has 0 aliphatic rings. The van der Waals surface area contributed by atoms with Gasteiger partial charge in [0.05, 0.1) is 24.6 Å². The molecule has 0 saturated heterocycles. The number of hydrogen-bond donors (Lipinski definition) is 2. The number of rotatable bonds is 4. The molecule has 0 unspecified atom stereocenters. The normalized spacial score (nSPS) is 11.6. The molecular weight excluding hydrogens is 297 g/mol. The van der Waals surface area contributed by atoms with E-state index in [-0.39, 0.29) is 17.2 Å². The molecule has 2 N–H and O–H groups in total. The lowest BCUT2D eigenvalue weighted by Gasteiger charge is -2.11. The lowest BCUT2D eigenvalue weighted by atomic mass is 10.2. The zero-order chi connectivity index (χ0) is 16.2. The highest BCUT2D eigenvalue weighted by atomic mass is 19.4. The molecule has 2 aromatic carbocycles. The van der Waals surface area contributed by atoms with Gasteiger partial charge in [0, 0.05) is 5.56 Å². The number of para-hydroxylation sites is 2. The summed E-state index contributed by atoms with van der Waals surface area (Å²) in [7, 11) is 1.40. The number of ether oxygens (including phenoxy) is 1. The number of halogens is 3. The van der Waals surface area contributed by atoms with Crippen LogP contribution in [0.3, 0.4) is 0 Å². The van der Waals surface area contributed by atoms with Gasteiger partial charge in [0.25, 0.3) is 0 Å². The molecule has 0 aliphatic heterocycles. The van der Waals surface area contributed by atoms with E-state index in [2.05, 4.69) is 10.5 Å². The average molecular weight is 310 g/mol. The van der Waals surface area contributed by atoms with Crippen LogP contribution in [0, 0.1) is 0 Å². The van der Waals surface area contributed by atoms with Gasteiger partial charge in [-0.15, -0.1) is 0 Å². The van der Waals surface area contributed by atoms with E-state index in [0.717, 1.165) is 6.07 Å². The Morgan fingerprint density at radius 1 is 1.14 bits per heavy atom. The summed E-state index contributed by atoms with van der Waals surface area (Å²) in [5.74, 6) is 0.110. The van der Waals surface area contributed by atoms with Crippen molar-refractivity contribution < 1.29 is 23.0 Å². The maximum absolute atomic E-state index is 12.8. The van der Waals surface area contributed by atoms with Crippen molar-refractivity contribution in [2.24, 2.45) is 5.10 Å². The first kappa shape index (κ1) is 15.7. The number of anilines is 1. The van der Waals surface area contributed by atoms with Crippen LogP contribution in [0.4, 0.5) is 18.9 Å². The van der Waals surface area contributed by atoms with Crippen LogP contribution < -0.4 is 10.2 Å². The molecule has 22 heavy (non-hydrogen) atoms. The fraction of sp³-hybridized carbons (Fsp3) is 0.133. The van der Waals surface area contributed by atoms with Gasteiger partial charge < -0.3 is 9.84 Å². The highest BCUT2D eigenvalue weighted by Gasteiger charge is 2.33. The second-order valence-electron chi connectivity index (χ2n) is 4.31. The largest absolute Gasteiger partial charge is 0.504 e. The highest BCUT2D eigenvalue weighted by Crippen LogP contribution is 2.34. The summed E-state index contributed by atoms with van der Waals surface area (Å²) < 4.78 is 43.4. The lowest BCUT2D eigenvalue weighted by Crippen LogP contribution is -2.08. The molecule has 4 nitrogen and oxygen atoms in total. The zero-order valence-electron chi connectivity index (χ0n) is 11.6. The maximum Gasteiger partial charge on any atom is 0.418 e. The van der Waals surface area contributed by atoms with Gasteiger partial charge in [-0.3, -0.25) is 5.43 Å². The first-order chi connectivity index (χ1) is 10.4. The first-order valence-electron chi connectivity index (χ1n) is 6.24. The van der Waals surface area contributed by atoms with E-state index in [0.29, 0.717) is 5.56 Å². The Labute approximate surface area is 124 Å². The fourth-order valence-corrected chi connectivity index (χ4v) is 1.81. The van der Waals surface area contributed by atoms with Crippen molar-refractivity contribution in [3.63, 3.8) is 0 Å². The van der Waals surface area contributed by atoms with E-state index >= 15 is 0 Å². The summed E-state index contributed by atoms with van der Waals surface area (Å²) in [5.41, 5.74) is 1.66. The van der Waals surface area contributed by atoms with Gasteiger partial charge in [0.2, 0.25) is 0 Å². The third kappa shape index (κ3) is 3.49. The Bertz CT molecular complexity index is 685. The average Bonchev–Trinajstić information content (AvgIpc) is 2.48. The quantitative estimate of drug-likeness (QED) is 0.666. The molecule has 0 atom stereocenters. The van der Waals surface area contributed by atoms with Crippen molar-refractivity contribution in [3.8, 4) is 11.5 Å². The third-order valence-corrected chi connectivity index (χ3v) is 2.87. The van der Waals surface area contributed by atoms with E-state index in [9.17, 15) is 18.3 Å². The van der Waals surface area contributed by atoms with Crippen LogP contribution in [0.15, 0.2) is 47.6 Å². The minimum Gasteiger partial charge on any atom is -0.504 e. The van der Waals surface area contributed by atoms with E-state index in [4.69, 9.17) is 4.74 Å². The molecular formula is C15H13F3N2O2. The predicted octanol–water partition coefficient (Wildman–Crippen LogP) is 3.87. The Kier molecular flexibility index (Phi) is 4.55. The Balaban J connectivity index is 2.21. The molecule has 0 saturated carbocycles. The zero-order valence-corrected chi connectivity index (χ0v) is 11.6. The van der Waals surface area contributed by atoms with Crippen molar-refractivity contribution in [1.82, 2.24) is 0 Å². The lowest BCUT2D eigenvalue weighted by molar-refractivity contribution is -0.136. The number of methoxy groups -OCH3 is 1. The number of phenols is 1. The highest BCUT2D eigenvalue weighted by molar-refractivity contribution is 5.85. The summed E-state index contributed by atoms with van der Waals surface area (Å²) in [6.07, 6.45) is -3.26. The second-order valence-corrected chi connectivity index (χ2v) is 4.31. The van der Waals surface area contributed by atoms with Crippen molar-refractivity contribution >= 4 is 11.9 Å². The smallest absolute Gasteiger partial charge is 0.418 e. The fourth-order valence-electron chi connectivity index (χ4n) is 1.81. The predicted molar refractivity (Wildman–Crippen MR) is 77.3 cm³/mol. The summed E-state index contributed by atoms with van der Waals surface area (Å²) >= 11 is 0. The van der Waals surface area contributed by atoms with E-state index in [1.165, 1.54) is 31.5 Å². The molecule has 116 valence electrons. The summed E-state index contributed by atoms with van der Waals surface area (Å²) in [5, 5.41) is 13.6. The summed E-state index contributed by atoms with van der Waals surface area (Å²) in [6, 6.07) is 9.73. The summed E-state index contributed by atoms with van der Waals surface area (Å²) in [4.78, 5) is 0. The van der Waals surface area contributed by atoms with Crippen LogP contribution in [0.5, 0.6) is 11.5 Å². The molecule has 0 heterocycles. The van der Waals surface area contributed by atoms with Crippen LogP contribution in [-0.2, 0) is 6.18 Å². The molecule has 0 bridgehead atoms. The second kappa shape index (κ2) is 6.38. The minimum absolute atomic E-state index is 0.139. The van der Waals surface area contributed by atoms with Gasteiger partial charge in [-0.1, -0.05) is 18.2 Å². The SMILES string of the molecule is COc1cccc(/C=N/Nc2ccccc2C(F)(F)F)c1O. The van der Waals surface area contributed by atoms with E-state index in [1.807, 2.05) is 0 Å². The number of nitrogens with zero attached hydrogens (tertiary/aromatic N) is 1. The topological polar surface area (TPSA) is 53.8 Å². The standard InChI is InChI=1S/C15H13F3N2O2/c1-22-13-8-4-5-10(14(13)21)9-19-20-12-7-3-2-6-11(12)15(16,17)18/h2-9,20-21H,1H3/b19-9+. The van der Waals surface area contributed by atoms with Crippen LogP contribution >= 0.6 is 0 Å². The Morgan fingerprint density at radius 2 is 1.86 bits per heavy atom. The van der Waals surface area contributed by atoms with Crippen LogP contribution in [0.2, 0.25) is 0 Å². The van der Waals surface area contributed by atoms with Gasteiger partial charge in [0.15, 0.2) is 11.5 Å². The third-order valence-electron chi connectivity index (χ3n) is 2.87. The van der Waals surface area contributed by atoms with Crippen molar-refractivity contribution in [3.05, 3.63) is 53.6 Å². The van der Waals surface area contributed by atoms with Gasteiger partial charge >= 0.3 is 6.18 Å². The molecule has 0 aromatic heterocycles. The molecule has 0 radical (unpaired) electrons. The first-order valence-corrected chi connectivity index (χ1v) is 6.24.